The Labute approximate surface area is 182 Å². The molecule has 10 nitrogen and oxygen atoms in total. The quantitative estimate of drug-likeness (QED) is 0.683. The van der Waals surface area contributed by atoms with Gasteiger partial charge in [-0.05, 0) is 24.6 Å². The van der Waals surface area contributed by atoms with Crippen LogP contribution < -0.4 is 15.1 Å². The average Bonchev–Trinajstić information content (AvgIpc) is 3.03. The summed E-state index contributed by atoms with van der Waals surface area (Å²) in [5.74, 6) is -2.54. The Morgan fingerprint density at radius 3 is 2.19 bits per heavy atom. The van der Waals surface area contributed by atoms with Crippen molar-refractivity contribution in [2.24, 2.45) is 0 Å². The van der Waals surface area contributed by atoms with Gasteiger partial charge in [-0.3, -0.25) is 29.4 Å². The van der Waals surface area contributed by atoms with E-state index < -0.39 is 35.5 Å². The average molecular weight is 438 g/mol. The van der Waals surface area contributed by atoms with Gasteiger partial charge < -0.3 is 9.80 Å². The Morgan fingerprint density at radius 1 is 0.906 bits per heavy atom. The number of anilines is 2. The highest BCUT2D eigenvalue weighted by Crippen LogP contribution is 2.33. The van der Waals surface area contributed by atoms with E-state index in [0.29, 0.717) is 32.1 Å². The SMILES string of the molecule is O=C1CCC(N2C(=O)c3cc(F)c(N4CCN(c5ncccn5)CC4)cc3C2=O)C(=O)N1. The summed E-state index contributed by atoms with van der Waals surface area (Å²) in [6.45, 7) is 2.09. The lowest BCUT2D eigenvalue weighted by atomic mass is 10.0. The second-order valence-electron chi connectivity index (χ2n) is 7.82. The molecule has 32 heavy (non-hydrogen) atoms. The van der Waals surface area contributed by atoms with Crippen LogP contribution in [-0.2, 0) is 9.59 Å². The van der Waals surface area contributed by atoms with Gasteiger partial charge in [-0.2, -0.15) is 0 Å². The minimum absolute atomic E-state index is 0.0266. The van der Waals surface area contributed by atoms with Gasteiger partial charge in [0.15, 0.2) is 0 Å². The number of nitrogens with one attached hydrogen (secondary N) is 1. The molecule has 1 aromatic heterocycles. The standard InChI is InChI=1S/C21H19FN6O4/c22-14-10-12-13(20(32)28(19(12)31)15-2-3-17(29)25-18(15)30)11-16(14)26-6-8-27(9-7-26)21-23-4-1-5-24-21/h1,4-5,10-11,15H,2-3,6-9H2,(H,25,29,30). The topological polar surface area (TPSA) is 116 Å². The van der Waals surface area contributed by atoms with Gasteiger partial charge >= 0.3 is 0 Å². The molecule has 4 amide bonds. The summed E-state index contributed by atoms with van der Waals surface area (Å²) in [6, 6.07) is 3.09. The van der Waals surface area contributed by atoms with Gasteiger partial charge in [-0.1, -0.05) is 0 Å². The van der Waals surface area contributed by atoms with Crippen molar-refractivity contribution in [2.75, 3.05) is 36.0 Å². The molecule has 1 N–H and O–H groups in total. The molecule has 1 atom stereocenters. The number of rotatable bonds is 3. The van der Waals surface area contributed by atoms with Gasteiger partial charge in [0, 0.05) is 45.0 Å². The van der Waals surface area contributed by atoms with Crippen LogP contribution in [0.15, 0.2) is 30.6 Å². The third-order valence-corrected chi connectivity index (χ3v) is 5.96. The zero-order valence-electron chi connectivity index (χ0n) is 17.0. The molecule has 1 unspecified atom stereocenters. The fourth-order valence-electron chi connectivity index (χ4n) is 4.32. The number of imide groups is 2. The molecule has 2 saturated heterocycles. The number of piperazine rings is 1. The Hall–Kier alpha value is -3.89. The number of carbonyl (C=O) groups is 4. The highest BCUT2D eigenvalue weighted by atomic mass is 19.1. The number of hydrogen-bond donors (Lipinski definition) is 1. The van der Waals surface area contributed by atoms with Gasteiger partial charge in [-0.15, -0.1) is 0 Å². The van der Waals surface area contributed by atoms with Crippen LogP contribution in [0.5, 0.6) is 0 Å². The summed E-state index contributed by atoms with van der Waals surface area (Å²) in [4.78, 5) is 62.5. The van der Waals surface area contributed by atoms with Crippen LogP contribution >= 0.6 is 0 Å². The number of aromatic nitrogens is 2. The van der Waals surface area contributed by atoms with Crippen molar-refractivity contribution in [3.8, 4) is 0 Å². The molecule has 3 aliphatic rings. The molecule has 5 rings (SSSR count). The second kappa shape index (κ2) is 7.66. The maximum absolute atomic E-state index is 15.0. The number of hydrogen-bond acceptors (Lipinski definition) is 8. The van der Waals surface area contributed by atoms with Crippen LogP contribution in [0, 0.1) is 5.82 Å². The van der Waals surface area contributed by atoms with Gasteiger partial charge in [0.25, 0.3) is 11.8 Å². The summed E-state index contributed by atoms with van der Waals surface area (Å²) in [5.41, 5.74) is 0.214. The molecule has 11 heteroatoms. The summed E-state index contributed by atoms with van der Waals surface area (Å²) < 4.78 is 15.0. The number of piperidine rings is 1. The van der Waals surface area contributed by atoms with Crippen molar-refractivity contribution in [2.45, 2.75) is 18.9 Å². The molecule has 0 saturated carbocycles. The lowest BCUT2D eigenvalue weighted by Crippen LogP contribution is -2.54. The number of amides is 4. The number of halogens is 1. The zero-order chi connectivity index (χ0) is 22.4. The summed E-state index contributed by atoms with van der Waals surface area (Å²) in [7, 11) is 0. The summed E-state index contributed by atoms with van der Waals surface area (Å²) >= 11 is 0. The Morgan fingerprint density at radius 2 is 1.53 bits per heavy atom. The Bertz CT molecular complexity index is 1130. The maximum Gasteiger partial charge on any atom is 0.262 e. The highest BCUT2D eigenvalue weighted by Gasteiger charge is 2.45. The fourth-order valence-corrected chi connectivity index (χ4v) is 4.32. The number of carbonyl (C=O) groups excluding carboxylic acids is 4. The first kappa shape index (κ1) is 20.0. The molecule has 0 aliphatic carbocycles. The molecule has 3 aliphatic heterocycles. The predicted octanol–water partition coefficient (Wildman–Crippen LogP) is 0.344. The monoisotopic (exact) mass is 438 g/mol. The second-order valence-corrected chi connectivity index (χ2v) is 7.82. The van der Waals surface area contributed by atoms with Crippen LogP contribution in [0.1, 0.15) is 33.6 Å². The van der Waals surface area contributed by atoms with E-state index in [1.54, 1.807) is 23.4 Å². The van der Waals surface area contributed by atoms with E-state index in [0.717, 1.165) is 11.0 Å². The molecule has 0 radical (unpaired) electrons. The van der Waals surface area contributed by atoms with Crippen LogP contribution in [0.25, 0.3) is 0 Å². The lowest BCUT2D eigenvalue weighted by Gasteiger charge is -2.36. The Balaban J connectivity index is 1.37. The van der Waals surface area contributed by atoms with Crippen molar-refractivity contribution in [1.29, 1.82) is 0 Å². The fraction of sp³-hybridized carbons (Fsp3) is 0.333. The molecule has 0 spiro atoms. The molecule has 4 heterocycles. The van der Waals surface area contributed by atoms with Gasteiger partial charge in [0.05, 0.1) is 16.8 Å². The number of fused-ring (bicyclic) bond motifs is 1. The van der Waals surface area contributed by atoms with Crippen molar-refractivity contribution in [3.05, 3.63) is 47.5 Å². The van der Waals surface area contributed by atoms with Gasteiger partial charge in [0.2, 0.25) is 17.8 Å². The first-order valence-electron chi connectivity index (χ1n) is 10.3. The third kappa shape index (κ3) is 3.26. The molecular formula is C21H19FN6O4. The van der Waals surface area contributed by atoms with Crippen LogP contribution in [0.4, 0.5) is 16.0 Å². The molecule has 0 bridgehead atoms. The van der Waals surface area contributed by atoms with Crippen molar-refractivity contribution in [3.63, 3.8) is 0 Å². The molecule has 2 fully saturated rings. The smallest absolute Gasteiger partial charge is 0.262 e. The van der Waals surface area contributed by atoms with Crippen LogP contribution in [-0.4, -0.2) is 70.7 Å². The zero-order valence-corrected chi connectivity index (χ0v) is 17.0. The Kier molecular flexibility index (Phi) is 4.80. The normalized spacial score (nSPS) is 21.2. The van der Waals surface area contributed by atoms with E-state index in [-0.39, 0.29) is 29.7 Å². The third-order valence-electron chi connectivity index (χ3n) is 5.96. The molecule has 1 aromatic carbocycles. The molecule has 2 aromatic rings. The minimum Gasteiger partial charge on any atom is -0.366 e. The van der Waals surface area contributed by atoms with E-state index >= 15 is 0 Å². The lowest BCUT2D eigenvalue weighted by molar-refractivity contribution is -0.136. The van der Waals surface area contributed by atoms with E-state index in [4.69, 9.17) is 0 Å². The predicted molar refractivity (Wildman–Crippen MR) is 110 cm³/mol. The summed E-state index contributed by atoms with van der Waals surface area (Å²) in [6.07, 6.45) is 3.39. The van der Waals surface area contributed by atoms with Crippen molar-refractivity contribution in [1.82, 2.24) is 20.2 Å². The van der Waals surface area contributed by atoms with Crippen molar-refractivity contribution >= 4 is 35.3 Å². The van der Waals surface area contributed by atoms with Crippen LogP contribution in [0.3, 0.4) is 0 Å². The van der Waals surface area contributed by atoms with E-state index in [9.17, 15) is 23.6 Å². The van der Waals surface area contributed by atoms with Crippen molar-refractivity contribution < 1.29 is 23.6 Å². The summed E-state index contributed by atoms with van der Waals surface area (Å²) in [5, 5.41) is 2.15. The van der Waals surface area contributed by atoms with E-state index in [2.05, 4.69) is 15.3 Å². The van der Waals surface area contributed by atoms with Crippen LogP contribution in [0.2, 0.25) is 0 Å². The van der Waals surface area contributed by atoms with E-state index in [1.807, 2.05) is 4.90 Å². The van der Waals surface area contributed by atoms with Gasteiger partial charge in [-0.25, -0.2) is 14.4 Å². The largest absolute Gasteiger partial charge is 0.366 e. The maximum atomic E-state index is 15.0. The minimum atomic E-state index is -1.08. The molecule has 164 valence electrons. The first-order valence-corrected chi connectivity index (χ1v) is 10.3. The number of benzene rings is 1. The van der Waals surface area contributed by atoms with Gasteiger partial charge in [0.1, 0.15) is 11.9 Å². The van der Waals surface area contributed by atoms with E-state index in [1.165, 1.54) is 6.07 Å². The highest BCUT2D eigenvalue weighted by molar-refractivity contribution is 6.23. The first-order chi connectivity index (χ1) is 15.4. The number of nitrogens with zero attached hydrogens (tertiary/aromatic N) is 5. The molecular weight excluding hydrogens is 419 g/mol.